The molecule has 1 aliphatic rings. The third kappa shape index (κ3) is 2.78. The molecular formula is C17H23N3. The average Bonchev–Trinajstić information content (AvgIpc) is 2.98. The Hall–Kier alpha value is -1.61. The van der Waals surface area contributed by atoms with Crippen LogP contribution in [-0.4, -0.2) is 22.9 Å². The van der Waals surface area contributed by atoms with Crippen LogP contribution in [0.3, 0.4) is 0 Å². The number of nitrogens with one attached hydrogen (secondary N) is 1. The monoisotopic (exact) mass is 269 g/mol. The summed E-state index contributed by atoms with van der Waals surface area (Å²) in [6, 6.07) is 6.71. The first-order chi connectivity index (χ1) is 9.61. The van der Waals surface area contributed by atoms with Gasteiger partial charge in [0.25, 0.3) is 0 Å². The molecule has 0 bridgehead atoms. The average molecular weight is 269 g/mol. The fraction of sp³-hybridized carbons (Fsp3) is 0.471. The number of rotatable bonds is 3. The van der Waals surface area contributed by atoms with Crippen molar-refractivity contribution < 1.29 is 0 Å². The van der Waals surface area contributed by atoms with Crippen LogP contribution >= 0.6 is 0 Å². The van der Waals surface area contributed by atoms with Gasteiger partial charge in [-0.05, 0) is 51.8 Å². The van der Waals surface area contributed by atoms with Crippen LogP contribution in [0.4, 0.5) is 0 Å². The zero-order valence-corrected chi connectivity index (χ0v) is 12.6. The van der Waals surface area contributed by atoms with Gasteiger partial charge >= 0.3 is 0 Å². The first-order valence-corrected chi connectivity index (χ1v) is 7.45. The minimum Gasteiger partial charge on any atom is -0.316 e. The Morgan fingerprint density at radius 3 is 2.60 bits per heavy atom. The fourth-order valence-electron chi connectivity index (χ4n) is 3.16. The Morgan fingerprint density at radius 1 is 1.20 bits per heavy atom. The van der Waals surface area contributed by atoms with Gasteiger partial charge in [0.2, 0.25) is 0 Å². The maximum absolute atomic E-state index is 4.70. The van der Waals surface area contributed by atoms with Crippen LogP contribution < -0.4 is 5.32 Å². The third-order valence-corrected chi connectivity index (χ3v) is 4.09. The summed E-state index contributed by atoms with van der Waals surface area (Å²) in [5.74, 6) is 0.724. The highest BCUT2D eigenvalue weighted by Gasteiger charge is 2.16. The molecule has 3 heteroatoms. The van der Waals surface area contributed by atoms with Gasteiger partial charge in [0.15, 0.2) is 0 Å². The molecule has 1 aromatic carbocycles. The summed E-state index contributed by atoms with van der Waals surface area (Å²) in [5.41, 5.74) is 6.30. The number of aryl methyl sites for hydroxylation is 3. The molecule has 3 nitrogen and oxygen atoms in total. The van der Waals surface area contributed by atoms with Gasteiger partial charge in [-0.2, -0.15) is 5.10 Å². The second kappa shape index (κ2) is 5.41. The Morgan fingerprint density at radius 2 is 1.95 bits per heavy atom. The highest BCUT2D eigenvalue weighted by atomic mass is 15.3. The van der Waals surface area contributed by atoms with E-state index in [9.17, 15) is 0 Å². The number of hydrogen-bond donors (Lipinski definition) is 1. The largest absolute Gasteiger partial charge is 0.316 e. The standard InChI is InChI=1S/C17H23N3/c1-12-6-13(2)8-16(7-12)17-11-20(19-14(17)3)10-15-4-5-18-9-15/h6-8,11,15,18H,4-5,9-10H2,1-3H3. The Labute approximate surface area is 121 Å². The molecule has 20 heavy (non-hydrogen) atoms. The molecule has 0 amide bonds. The van der Waals surface area contributed by atoms with E-state index >= 15 is 0 Å². The quantitative estimate of drug-likeness (QED) is 0.928. The van der Waals surface area contributed by atoms with E-state index in [2.05, 4.69) is 55.2 Å². The smallest absolute Gasteiger partial charge is 0.0672 e. The van der Waals surface area contributed by atoms with Gasteiger partial charge in [-0.25, -0.2) is 0 Å². The topological polar surface area (TPSA) is 29.9 Å². The molecule has 2 aromatic rings. The Bertz CT molecular complexity index is 586. The summed E-state index contributed by atoms with van der Waals surface area (Å²) in [7, 11) is 0. The molecule has 0 radical (unpaired) electrons. The zero-order chi connectivity index (χ0) is 14.1. The van der Waals surface area contributed by atoms with Crippen LogP contribution in [0, 0.1) is 26.7 Å². The van der Waals surface area contributed by atoms with Gasteiger partial charge in [0.05, 0.1) is 5.69 Å². The molecule has 0 aliphatic carbocycles. The number of nitrogens with zero attached hydrogens (tertiary/aromatic N) is 2. The maximum Gasteiger partial charge on any atom is 0.0672 e. The lowest BCUT2D eigenvalue weighted by Crippen LogP contribution is -2.14. The zero-order valence-electron chi connectivity index (χ0n) is 12.6. The molecule has 0 saturated carbocycles. The molecule has 1 fully saturated rings. The van der Waals surface area contributed by atoms with Gasteiger partial charge in [-0.3, -0.25) is 4.68 Å². The van der Waals surface area contributed by atoms with Crippen LogP contribution in [0.2, 0.25) is 0 Å². The van der Waals surface area contributed by atoms with E-state index in [0.29, 0.717) is 0 Å². The molecule has 1 aliphatic heterocycles. The van der Waals surface area contributed by atoms with E-state index in [1.54, 1.807) is 0 Å². The van der Waals surface area contributed by atoms with Crippen LogP contribution in [0.5, 0.6) is 0 Å². The number of hydrogen-bond acceptors (Lipinski definition) is 2. The summed E-state index contributed by atoms with van der Waals surface area (Å²) in [6.07, 6.45) is 3.47. The molecule has 2 heterocycles. The Kier molecular flexibility index (Phi) is 3.62. The maximum atomic E-state index is 4.70. The summed E-state index contributed by atoms with van der Waals surface area (Å²) in [4.78, 5) is 0. The molecule has 0 spiro atoms. The van der Waals surface area contributed by atoms with Gasteiger partial charge < -0.3 is 5.32 Å². The number of benzene rings is 1. The van der Waals surface area contributed by atoms with Crippen molar-refractivity contribution in [3.8, 4) is 11.1 Å². The second-order valence-corrected chi connectivity index (χ2v) is 6.09. The van der Waals surface area contributed by atoms with Crippen molar-refractivity contribution in [1.29, 1.82) is 0 Å². The SMILES string of the molecule is Cc1cc(C)cc(-c2cn(CC3CCNC3)nc2C)c1. The minimum absolute atomic E-state index is 0.724. The minimum atomic E-state index is 0.724. The normalized spacial score (nSPS) is 18.6. The van der Waals surface area contributed by atoms with Crippen molar-refractivity contribution in [1.82, 2.24) is 15.1 Å². The molecular weight excluding hydrogens is 246 g/mol. The molecule has 106 valence electrons. The lowest BCUT2D eigenvalue weighted by Gasteiger charge is -2.07. The van der Waals surface area contributed by atoms with E-state index in [1.807, 2.05) is 0 Å². The van der Waals surface area contributed by atoms with Crippen molar-refractivity contribution in [3.63, 3.8) is 0 Å². The highest BCUT2D eigenvalue weighted by molar-refractivity contribution is 5.66. The van der Waals surface area contributed by atoms with Crippen LogP contribution in [-0.2, 0) is 6.54 Å². The molecule has 1 saturated heterocycles. The second-order valence-electron chi connectivity index (χ2n) is 6.09. The molecule has 1 unspecified atom stereocenters. The van der Waals surface area contributed by atoms with E-state index in [-0.39, 0.29) is 0 Å². The van der Waals surface area contributed by atoms with Gasteiger partial charge in [0, 0.05) is 18.3 Å². The summed E-state index contributed by atoms with van der Waals surface area (Å²) in [6.45, 7) is 9.71. The lowest BCUT2D eigenvalue weighted by molar-refractivity contribution is 0.448. The van der Waals surface area contributed by atoms with Crippen LogP contribution in [0.1, 0.15) is 23.2 Å². The van der Waals surface area contributed by atoms with E-state index < -0.39 is 0 Å². The van der Waals surface area contributed by atoms with Gasteiger partial charge in [-0.15, -0.1) is 0 Å². The summed E-state index contributed by atoms with van der Waals surface area (Å²) >= 11 is 0. The Balaban J connectivity index is 1.87. The van der Waals surface area contributed by atoms with Crippen molar-refractivity contribution >= 4 is 0 Å². The molecule has 3 rings (SSSR count). The summed E-state index contributed by atoms with van der Waals surface area (Å²) in [5, 5.41) is 8.12. The van der Waals surface area contributed by atoms with E-state index in [1.165, 1.54) is 28.7 Å². The highest BCUT2D eigenvalue weighted by Crippen LogP contribution is 2.25. The first-order valence-electron chi connectivity index (χ1n) is 7.45. The van der Waals surface area contributed by atoms with E-state index in [0.717, 1.165) is 31.2 Å². The fourth-order valence-corrected chi connectivity index (χ4v) is 3.16. The van der Waals surface area contributed by atoms with E-state index in [4.69, 9.17) is 5.10 Å². The lowest BCUT2D eigenvalue weighted by atomic mass is 10.0. The third-order valence-electron chi connectivity index (χ3n) is 4.09. The van der Waals surface area contributed by atoms with Gasteiger partial charge in [0.1, 0.15) is 0 Å². The van der Waals surface area contributed by atoms with Crippen LogP contribution in [0.25, 0.3) is 11.1 Å². The van der Waals surface area contributed by atoms with Crippen molar-refractivity contribution in [2.75, 3.05) is 13.1 Å². The molecule has 1 atom stereocenters. The first kappa shape index (κ1) is 13.4. The number of aromatic nitrogens is 2. The van der Waals surface area contributed by atoms with Crippen molar-refractivity contribution in [2.24, 2.45) is 5.92 Å². The molecule has 1 N–H and O–H groups in total. The summed E-state index contributed by atoms with van der Waals surface area (Å²) < 4.78 is 2.12. The van der Waals surface area contributed by atoms with Gasteiger partial charge in [-0.1, -0.05) is 29.3 Å². The van der Waals surface area contributed by atoms with Crippen molar-refractivity contribution in [3.05, 3.63) is 41.2 Å². The predicted octanol–water partition coefficient (Wildman–Crippen LogP) is 3.08. The van der Waals surface area contributed by atoms with Crippen LogP contribution in [0.15, 0.2) is 24.4 Å². The predicted molar refractivity (Wildman–Crippen MR) is 82.9 cm³/mol. The van der Waals surface area contributed by atoms with Crippen molar-refractivity contribution in [2.45, 2.75) is 33.7 Å². The molecule has 1 aromatic heterocycles.